The number of aromatic amines is 1. The molecule has 10 unspecified atom stereocenters. The molecule has 0 aliphatic carbocycles. The Morgan fingerprint density at radius 1 is 0.820 bits per heavy atom. The molecule has 0 bridgehead atoms. The number of aromatic nitrogens is 5. The predicted octanol–water partition coefficient (Wildman–Crippen LogP) is -9.85. The third-order valence-corrected chi connectivity index (χ3v) is 17.7. The van der Waals surface area contributed by atoms with Crippen LogP contribution in [0.25, 0.3) is 0 Å². The van der Waals surface area contributed by atoms with Crippen molar-refractivity contribution in [2.24, 2.45) is 50.3 Å². The standard InChI is InChI=1S/C55H84N20O21S2.ClH.Cu/c1-19-32(72-45(75-43(19)58)24(11-30(57)79)67-12-23(56)44(59)85)49(89)74-34(40(25-13-63-18-68-25)94-53-42(38(83)36(81)28(14-76)93-53)95-52-39(84)41(96-55(62)91)37(82)29(15-77)92-52)50(90)69-21(3)35(80)20(2)46(86)73-33(22(4)78)48(88)65-10-7-31-70-27(17-97-31)51-71-26(16-98-51)47(87)64-8-5-6-9-66-54(60)61;;/h13,16,18,20-24,27-29,33-42,52-53,67,76-77,81-84H,5-12,14-15,17,56H2,1-4H3,(H2,57,79)(H2,59,85)(H2,62,91)(H,63,68)(H,64,87)(H,65,88)(H,69,90)(H,73,86)(H,74,89)(H2,58,72,75)(H4,60,61,66);1H;/q-2;;+2/t20?,21?,22?,23?,24?,27?,28-,29+,33?,34?,35?,36+,37+,38-,39-,40?,41-,42-,52+,53-;;/m0../s1. The van der Waals surface area contributed by atoms with Crippen molar-refractivity contribution in [3.63, 3.8) is 0 Å². The van der Waals surface area contributed by atoms with E-state index >= 15 is 4.79 Å². The van der Waals surface area contributed by atoms with E-state index in [0.717, 1.165) is 26.4 Å². The van der Waals surface area contributed by atoms with Gasteiger partial charge in [0.25, 0.3) is 11.8 Å². The summed E-state index contributed by atoms with van der Waals surface area (Å²) in [5.74, 6) is -8.72. The molecule has 6 rings (SSSR count). The minimum Gasteiger partial charge on any atom is -0.850 e. The number of guanidine groups is 1. The molecule has 0 saturated carbocycles. The summed E-state index contributed by atoms with van der Waals surface area (Å²) < 4.78 is 28.7. The molecule has 3 aliphatic rings. The number of hydrogen-bond acceptors (Lipinski definition) is 32. The number of aliphatic imine (C=N–C) groups is 2. The number of primary amides is 3. The molecule has 100 heavy (non-hydrogen) atoms. The summed E-state index contributed by atoms with van der Waals surface area (Å²) in [5.41, 5.74) is 38.1. The fraction of sp³-hybridized carbons (Fsp3) is 0.636. The van der Waals surface area contributed by atoms with Gasteiger partial charge in [-0.3, -0.25) is 43.5 Å². The molecular weight excluding hydrogens is 1440 g/mol. The molecule has 27 N–H and O–H groups in total. The zero-order chi connectivity index (χ0) is 72.4. The van der Waals surface area contributed by atoms with E-state index in [2.05, 4.69) is 61.8 Å². The topological polar surface area (TPSA) is 697 Å². The molecule has 45 heteroatoms. The second-order valence-electron chi connectivity index (χ2n) is 23.0. The largest absolute Gasteiger partial charge is 2.00 e. The molecule has 2 saturated heterocycles. The van der Waals surface area contributed by atoms with Crippen molar-refractivity contribution in [1.82, 2.24) is 56.8 Å². The molecule has 3 aromatic rings. The van der Waals surface area contributed by atoms with Gasteiger partial charge >= 0.3 is 23.2 Å². The predicted molar refractivity (Wildman–Crippen MR) is 345 cm³/mol. The number of thioether (sulfide) groups is 1. The Morgan fingerprint density at radius 3 is 2.12 bits per heavy atom. The number of carbonyl (C=O) groups is 8. The van der Waals surface area contributed by atoms with Crippen LogP contribution in [-0.2, 0) is 64.7 Å². The number of aliphatic hydroxyl groups excluding tert-OH is 6. The Balaban J connectivity index is 0.0000106. The summed E-state index contributed by atoms with van der Waals surface area (Å²) in [6.45, 7) is 3.09. The number of thiazole rings is 1. The van der Waals surface area contributed by atoms with Gasteiger partial charge in [-0.05, 0) is 26.7 Å². The van der Waals surface area contributed by atoms with Crippen LogP contribution in [0.2, 0.25) is 0 Å². The van der Waals surface area contributed by atoms with E-state index in [1.165, 1.54) is 36.9 Å². The molecule has 3 aliphatic heterocycles. The summed E-state index contributed by atoms with van der Waals surface area (Å²) >= 11 is 2.66. The molecule has 3 aromatic heterocycles. The van der Waals surface area contributed by atoms with Crippen LogP contribution in [0.3, 0.4) is 0 Å². The SMILES string of the molecule is Cc1c(N)nc(C(CC(N)=O)NCC(N)C(N)=O)nc1C(=O)NC(C(=O)NC(C)C([O-])C(C)C(=O)NC(C(=O)NCCC1=NC(c2nc(C(=O)NCCCCN=C(N)N)cs2)CS1)C(C)[O-])C(O[C@@H]1O[C@@H](CO)[C@@H](O)[C@H](O)[C@@H]1O[C@H]1O[C@H](CO)[C@@H](O)[C@H](OC(N)=O)[C@@H]1O)c1cnc[nH]1.Cl.[Cu+2]. The zero-order valence-corrected chi connectivity index (χ0v) is 57.5. The van der Waals surface area contributed by atoms with Gasteiger partial charge in [0.1, 0.15) is 89.0 Å². The Hall–Kier alpha value is -7.18. The second-order valence-corrected chi connectivity index (χ2v) is 25.0. The average molecular weight is 1530 g/mol. The Bertz CT molecular complexity index is 3300. The van der Waals surface area contributed by atoms with Gasteiger partial charge in [0.2, 0.25) is 29.5 Å². The van der Waals surface area contributed by atoms with Crippen LogP contribution in [0, 0.1) is 12.8 Å². The number of anilines is 1. The number of carbonyl (C=O) groups excluding carboxylic acids is 8. The number of aliphatic hydroxyl groups is 6. The molecule has 561 valence electrons. The molecule has 41 nitrogen and oxygen atoms in total. The number of H-pyrrole nitrogens is 1. The van der Waals surface area contributed by atoms with Crippen LogP contribution in [0.4, 0.5) is 10.6 Å². The molecule has 20 atom stereocenters. The average Bonchev–Trinajstić information content (AvgIpc) is 0.920. The number of nitrogens with two attached hydrogens (primary N) is 7. The minimum atomic E-state index is -2.22. The Kier molecular flexibility index (Phi) is 34.0. The van der Waals surface area contributed by atoms with E-state index in [0.29, 0.717) is 41.7 Å². The number of imidazole rings is 1. The number of halogens is 1. The maximum Gasteiger partial charge on any atom is 2.00 e. The van der Waals surface area contributed by atoms with Crippen LogP contribution < -0.4 is 82.2 Å². The van der Waals surface area contributed by atoms with E-state index in [9.17, 15) is 74.4 Å². The number of hydrogen-bond donors (Lipinski definition) is 20. The quantitative estimate of drug-likeness (QED) is 0.0111. The monoisotopic (exact) mass is 1520 g/mol. The smallest absolute Gasteiger partial charge is 0.850 e. The summed E-state index contributed by atoms with van der Waals surface area (Å²) in [4.78, 5) is 135. The van der Waals surface area contributed by atoms with E-state index in [1.807, 2.05) is 0 Å². The third kappa shape index (κ3) is 23.2. The summed E-state index contributed by atoms with van der Waals surface area (Å²) in [5, 5.41) is 111. The number of nitrogens with zero attached hydrogens (tertiary/aromatic N) is 6. The van der Waals surface area contributed by atoms with Gasteiger partial charge in [-0.1, -0.05) is 26.1 Å². The van der Waals surface area contributed by atoms with Crippen LogP contribution in [-0.4, -0.2) is 257 Å². The number of nitrogens with one attached hydrogen (secondary N) is 7. The van der Waals surface area contributed by atoms with Gasteiger partial charge in [-0.25, -0.2) is 24.7 Å². The number of unbranched alkanes of at least 4 members (excludes halogenated alkanes) is 1. The zero-order valence-electron chi connectivity index (χ0n) is 54.1. The minimum absolute atomic E-state index is 0. The fourth-order valence-electron chi connectivity index (χ4n) is 10.1. The van der Waals surface area contributed by atoms with E-state index in [4.69, 9.17) is 68.8 Å². The van der Waals surface area contributed by atoms with Crippen molar-refractivity contribution in [2.75, 3.05) is 50.9 Å². The first-order chi connectivity index (χ1) is 46.3. The van der Waals surface area contributed by atoms with Crippen molar-refractivity contribution < 1.29 is 120 Å². The molecule has 1 radical (unpaired) electrons. The van der Waals surface area contributed by atoms with Gasteiger partial charge in [-0.2, -0.15) is 0 Å². The third-order valence-electron chi connectivity index (χ3n) is 15.6. The van der Waals surface area contributed by atoms with Crippen molar-refractivity contribution in [3.8, 4) is 0 Å². The maximum absolute atomic E-state index is 15.2. The van der Waals surface area contributed by atoms with E-state index in [1.54, 1.807) is 5.38 Å². The summed E-state index contributed by atoms with van der Waals surface area (Å²) in [6.07, 6.45) is -24.6. The van der Waals surface area contributed by atoms with Crippen molar-refractivity contribution in [2.45, 2.75) is 169 Å². The molecule has 6 heterocycles. The number of nitrogen functional groups attached to an aromatic ring is 1. The maximum atomic E-state index is 15.2. The van der Waals surface area contributed by atoms with E-state index < -0.39 is 183 Å². The number of rotatable bonds is 36. The summed E-state index contributed by atoms with van der Waals surface area (Å²) in [7, 11) is 0. The summed E-state index contributed by atoms with van der Waals surface area (Å²) in [6, 6.07) is -8.56. The first-order valence-electron chi connectivity index (χ1n) is 30.6. The Labute approximate surface area is 595 Å². The molecule has 2 fully saturated rings. The van der Waals surface area contributed by atoms with Gasteiger partial charge in [0.15, 0.2) is 24.6 Å². The van der Waals surface area contributed by atoms with Crippen molar-refractivity contribution in [1.29, 1.82) is 0 Å². The number of ether oxygens (including phenoxy) is 5. The first kappa shape index (κ1) is 85.2. The second kappa shape index (κ2) is 39.9. The first-order valence-corrected chi connectivity index (χ1v) is 32.4. The van der Waals surface area contributed by atoms with Crippen LogP contribution >= 0.6 is 35.5 Å². The van der Waals surface area contributed by atoms with Crippen LogP contribution in [0.15, 0.2) is 27.9 Å². The molecule has 8 amide bonds. The molecule has 0 spiro atoms. The van der Waals surface area contributed by atoms with Crippen LogP contribution in [0.5, 0.6) is 0 Å². The normalized spacial score (nSPS) is 24.6. The van der Waals surface area contributed by atoms with Crippen molar-refractivity contribution in [3.05, 3.63) is 51.4 Å². The fourth-order valence-corrected chi connectivity index (χ4v) is 12.0. The Morgan fingerprint density at radius 2 is 1.50 bits per heavy atom. The van der Waals surface area contributed by atoms with E-state index in [-0.39, 0.29) is 95.5 Å². The van der Waals surface area contributed by atoms with Crippen LogP contribution in [0.1, 0.15) is 108 Å². The van der Waals surface area contributed by atoms with Gasteiger partial charge in [-0.15, -0.1) is 35.5 Å². The molecular formula is C55H85ClCuN20O21S2. The molecule has 0 aromatic carbocycles. The van der Waals surface area contributed by atoms with Gasteiger partial charge in [0, 0.05) is 67.7 Å². The van der Waals surface area contributed by atoms with Crippen molar-refractivity contribution >= 4 is 99.8 Å². The van der Waals surface area contributed by atoms with Gasteiger partial charge in [0.05, 0.1) is 54.6 Å². The number of amides is 8. The van der Waals surface area contributed by atoms with Gasteiger partial charge < -0.3 is 142 Å².